The van der Waals surface area contributed by atoms with Crippen LogP contribution in [-0.4, -0.2) is 42.7 Å². The number of nitrogens with zero attached hydrogens (tertiary/aromatic N) is 6. The molecule has 2 aromatic heterocycles. The van der Waals surface area contributed by atoms with E-state index < -0.39 is 0 Å². The van der Waals surface area contributed by atoms with Gasteiger partial charge in [0.1, 0.15) is 31.9 Å². The molecule has 0 saturated heterocycles. The number of benzene rings is 1. The first-order valence-corrected chi connectivity index (χ1v) is 8.82. The largest absolute Gasteiger partial charge is 0.486 e. The Morgan fingerprint density at radius 2 is 1.92 bits per heavy atom. The van der Waals surface area contributed by atoms with E-state index in [2.05, 4.69) is 23.9 Å². The molecule has 0 amide bonds. The minimum absolute atomic E-state index is 0.0980. The Morgan fingerprint density at radius 1 is 1.12 bits per heavy atom. The predicted molar refractivity (Wildman–Crippen MR) is 94.7 cm³/mol. The maximum absolute atomic E-state index is 5.72. The summed E-state index contributed by atoms with van der Waals surface area (Å²) in [6, 6.07) is 5.73. The molecule has 1 aliphatic rings. The van der Waals surface area contributed by atoms with Crippen molar-refractivity contribution in [2.24, 2.45) is 5.92 Å². The Morgan fingerprint density at radius 3 is 2.65 bits per heavy atom. The van der Waals surface area contributed by atoms with E-state index in [4.69, 9.17) is 19.6 Å². The Balaban J connectivity index is 1.77. The Hall–Kier alpha value is -2.90. The minimum Gasteiger partial charge on any atom is -0.486 e. The van der Waals surface area contributed by atoms with Crippen LogP contribution < -0.4 is 9.47 Å². The van der Waals surface area contributed by atoms with Crippen LogP contribution in [0.1, 0.15) is 38.5 Å². The molecular formula is C18H22N6O2. The van der Waals surface area contributed by atoms with Crippen LogP contribution in [-0.2, 0) is 6.42 Å². The first-order chi connectivity index (χ1) is 12.6. The van der Waals surface area contributed by atoms with Crippen molar-refractivity contribution < 1.29 is 9.47 Å². The van der Waals surface area contributed by atoms with Crippen LogP contribution >= 0.6 is 0 Å². The molecule has 3 aromatic rings. The van der Waals surface area contributed by atoms with Gasteiger partial charge in [-0.05, 0) is 25.0 Å². The first kappa shape index (κ1) is 16.6. The van der Waals surface area contributed by atoms with Crippen LogP contribution in [0, 0.1) is 5.92 Å². The molecule has 136 valence electrons. The monoisotopic (exact) mass is 354 g/mol. The van der Waals surface area contributed by atoms with E-state index in [0.717, 1.165) is 35.3 Å². The molecule has 8 heteroatoms. The molecule has 0 N–H and O–H groups in total. The lowest BCUT2D eigenvalue weighted by Crippen LogP contribution is -2.17. The Kier molecular flexibility index (Phi) is 4.32. The molecule has 0 saturated carbocycles. The van der Waals surface area contributed by atoms with Crippen molar-refractivity contribution in [3.63, 3.8) is 0 Å². The van der Waals surface area contributed by atoms with E-state index in [1.165, 1.54) is 6.33 Å². The summed E-state index contributed by atoms with van der Waals surface area (Å²) in [6.07, 6.45) is 4.03. The van der Waals surface area contributed by atoms with E-state index in [1.54, 1.807) is 11.0 Å². The smallest absolute Gasteiger partial charge is 0.163 e. The molecule has 0 spiro atoms. The van der Waals surface area contributed by atoms with Crippen molar-refractivity contribution in [1.29, 1.82) is 0 Å². The van der Waals surface area contributed by atoms with E-state index in [1.807, 2.05) is 29.8 Å². The second-order valence-corrected chi connectivity index (χ2v) is 6.78. The third kappa shape index (κ3) is 3.14. The van der Waals surface area contributed by atoms with Crippen LogP contribution in [0.4, 0.5) is 0 Å². The van der Waals surface area contributed by atoms with Crippen LogP contribution in [0.5, 0.6) is 11.5 Å². The summed E-state index contributed by atoms with van der Waals surface area (Å²) in [6.45, 7) is 7.47. The molecule has 0 fully saturated rings. The lowest BCUT2D eigenvalue weighted by molar-refractivity contribution is 0.171. The SMILES string of the molecule is CC(C)Cc1nc([C@@H](C)n2cncn2)n(-c2ccc3c(c2)OCCO3)n1. The zero-order valence-corrected chi connectivity index (χ0v) is 15.2. The van der Waals surface area contributed by atoms with Gasteiger partial charge in [-0.1, -0.05) is 13.8 Å². The lowest BCUT2D eigenvalue weighted by Gasteiger charge is -2.19. The van der Waals surface area contributed by atoms with Gasteiger partial charge >= 0.3 is 0 Å². The van der Waals surface area contributed by atoms with Crippen molar-refractivity contribution >= 4 is 0 Å². The zero-order valence-electron chi connectivity index (χ0n) is 15.2. The maximum Gasteiger partial charge on any atom is 0.163 e. The second kappa shape index (κ2) is 6.78. The van der Waals surface area contributed by atoms with Crippen molar-refractivity contribution in [2.75, 3.05) is 13.2 Å². The molecule has 0 radical (unpaired) electrons. The van der Waals surface area contributed by atoms with E-state index >= 15 is 0 Å². The van der Waals surface area contributed by atoms with Crippen LogP contribution in [0.15, 0.2) is 30.9 Å². The van der Waals surface area contributed by atoms with Gasteiger partial charge in [-0.25, -0.2) is 19.3 Å². The number of rotatable bonds is 5. The van der Waals surface area contributed by atoms with Gasteiger partial charge in [0.05, 0.1) is 5.69 Å². The molecule has 8 nitrogen and oxygen atoms in total. The quantitative estimate of drug-likeness (QED) is 0.700. The highest BCUT2D eigenvalue weighted by Crippen LogP contribution is 2.32. The molecule has 0 unspecified atom stereocenters. The molecule has 3 heterocycles. The topological polar surface area (TPSA) is 79.9 Å². The third-order valence-electron chi connectivity index (χ3n) is 4.24. The van der Waals surface area contributed by atoms with Crippen molar-refractivity contribution in [3.8, 4) is 17.2 Å². The van der Waals surface area contributed by atoms with Crippen molar-refractivity contribution in [1.82, 2.24) is 29.5 Å². The van der Waals surface area contributed by atoms with Gasteiger partial charge in [-0.15, -0.1) is 0 Å². The summed E-state index contributed by atoms with van der Waals surface area (Å²) in [5.74, 6) is 3.59. The van der Waals surface area contributed by atoms with Crippen LogP contribution in [0.3, 0.4) is 0 Å². The normalized spacial score (nSPS) is 14.6. The van der Waals surface area contributed by atoms with Crippen molar-refractivity contribution in [3.05, 3.63) is 42.5 Å². The van der Waals surface area contributed by atoms with Crippen LogP contribution in [0.2, 0.25) is 0 Å². The molecule has 1 atom stereocenters. The van der Waals surface area contributed by atoms with Gasteiger partial charge in [0.2, 0.25) is 0 Å². The standard InChI is InChI=1S/C18H22N6O2/c1-12(2)8-17-21-18(13(3)23-11-19-10-20-23)24(22-17)14-4-5-15-16(9-14)26-7-6-25-15/h4-5,9-13H,6-8H2,1-3H3/t13-/m1/s1. The van der Waals surface area contributed by atoms with Gasteiger partial charge in [0, 0.05) is 12.5 Å². The van der Waals surface area contributed by atoms with Gasteiger partial charge in [0.25, 0.3) is 0 Å². The van der Waals surface area contributed by atoms with E-state index in [0.29, 0.717) is 19.1 Å². The fourth-order valence-corrected chi connectivity index (χ4v) is 2.98. The molecular weight excluding hydrogens is 332 g/mol. The fraction of sp³-hybridized carbons (Fsp3) is 0.444. The predicted octanol–water partition coefficient (Wildman–Crippen LogP) is 2.44. The number of fused-ring (bicyclic) bond motifs is 1. The number of ether oxygens (including phenoxy) is 2. The molecule has 0 aliphatic carbocycles. The maximum atomic E-state index is 5.72. The summed E-state index contributed by atoms with van der Waals surface area (Å²) >= 11 is 0. The second-order valence-electron chi connectivity index (χ2n) is 6.78. The van der Waals surface area contributed by atoms with Gasteiger partial charge in [0.15, 0.2) is 23.1 Å². The fourth-order valence-electron chi connectivity index (χ4n) is 2.98. The summed E-state index contributed by atoms with van der Waals surface area (Å²) in [5, 5.41) is 9.00. The molecule has 1 aromatic carbocycles. The molecule has 4 rings (SSSR count). The minimum atomic E-state index is -0.0980. The zero-order chi connectivity index (χ0) is 18.1. The summed E-state index contributed by atoms with van der Waals surface area (Å²) in [5.41, 5.74) is 0.888. The number of aromatic nitrogens is 6. The van der Waals surface area contributed by atoms with E-state index in [9.17, 15) is 0 Å². The third-order valence-corrected chi connectivity index (χ3v) is 4.24. The highest BCUT2D eigenvalue weighted by molar-refractivity contribution is 5.49. The number of hydrogen-bond acceptors (Lipinski definition) is 6. The summed E-state index contributed by atoms with van der Waals surface area (Å²) in [4.78, 5) is 8.83. The highest BCUT2D eigenvalue weighted by atomic mass is 16.6. The summed E-state index contributed by atoms with van der Waals surface area (Å²) in [7, 11) is 0. The first-order valence-electron chi connectivity index (χ1n) is 8.82. The summed E-state index contributed by atoms with van der Waals surface area (Å²) < 4.78 is 15.0. The van der Waals surface area contributed by atoms with E-state index in [-0.39, 0.29) is 6.04 Å². The van der Waals surface area contributed by atoms with Crippen LogP contribution in [0.25, 0.3) is 5.69 Å². The Bertz CT molecular complexity index is 887. The molecule has 26 heavy (non-hydrogen) atoms. The average molecular weight is 354 g/mol. The number of hydrogen-bond donors (Lipinski definition) is 0. The Labute approximate surface area is 151 Å². The average Bonchev–Trinajstić information content (AvgIpc) is 3.30. The molecule has 0 bridgehead atoms. The molecule has 1 aliphatic heterocycles. The van der Waals surface area contributed by atoms with Gasteiger partial charge in [-0.3, -0.25) is 0 Å². The lowest BCUT2D eigenvalue weighted by atomic mass is 10.1. The highest BCUT2D eigenvalue weighted by Gasteiger charge is 2.21. The van der Waals surface area contributed by atoms with Gasteiger partial charge in [-0.2, -0.15) is 10.2 Å². The van der Waals surface area contributed by atoms with Crippen molar-refractivity contribution in [2.45, 2.75) is 33.2 Å². The van der Waals surface area contributed by atoms with Gasteiger partial charge < -0.3 is 9.47 Å².